The fraction of sp³-hybridized carbons (Fsp3) is 0.600. The van der Waals surface area contributed by atoms with Gasteiger partial charge in [-0.1, -0.05) is 49.4 Å². The van der Waals surface area contributed by atoms with E-state index < -0.39 is 0 Å². The average Bonchev–Trinajstić information content (AvgIpc) is 2.89. The van der Waals surface area contributed by atoms with E-state index in [1.54, 1.807) is 0 Å². The number of rotatable bonds is 5. The molecular formula is C15H19Cl3. The van der Waals surface area contributed by atoms with Crippen LogP contribution in [0.4, 0.5) is 0 Å². The number of hydrogen-bond acceptors (Lipinski definition) is 0. The molecule has 0 nitrogen and oxygen atoms in total. The van der Waals surface area contributed by atoms with Crippen LogP contribution < -0.4 is 0 Å². The quantitative estimate of drug-likeness (QED) is 0.618. The molecule has 0 aromatic heterocycles. The summed E-state index contributed by atoms with van der Waals surface area (Å²) in [6.45, 7) is 0. The molecule has 0 N–H and O–H groups in total. The standard InChI is InChI=1S/C15H19Cl3/c16-10-15(11-17,9-12-4-1-2-5-12)13-6-3-7-14(18)8-13/h3,6-8,12H,1-2,4-5,9-11H2. The molecule has 0 saturated heterocycles. The Kier molecular flexibility index (Phi) is 5.24. The summed E-state index contributed by atoms with van der Waals surface area (Å²) in [5.74, 6) is 1.89. The molecule has 3 heteroatoms. The molecule has 1 fully saturated rings. The van der Waals surface area contributed by atoms with E-state index in [2.05, 4.69) is 6.07 Å². The maximum atomic E-state index is 6.26. The molecule has 2 rings (SSSR count). The van der Waals surface area contributed by atoms with Gasteiger partial charge < -0.3 is 0 Å². The Bertz CT molecular complexity index is 379. The van der Waals surface area contributed by atoms with Gasteiger partial charge in [0.05, 0.1) is 0 Å². The van der Waals surface area contributed by atoms with Crippen LogP contribution in [0, 0.1) is 5.92 Å². The second kappa shape index (κ2) is 6.50. The molecule has 1 aromatic rings. The van der Waals surface area contributed by atoms with Crippen molar-refractivity contribution in [1.29, 1.82) is 0 Å². The predicted octanol–water partition coefficient (Wildman–Crippen LogP) is 5.64. The minimum Gasteiger partial charge on any atom is -0.126 e. The number of alkyl halides is 2. The number of halogens is 3. The molecule has 1 aliphatic carbocycles. The summed E-state index contributed by atoms with van der Waals surface area (Å²) in [4.78, 5) is 0. The van der Waals surface area contributed by atoms with Crippen LogP contribution >= 0.6 is 34.8 Å². The zero-order valence-electron chi connectivity index (χ0n) is 10.5. The van der Waals surface area contributed by atoms with Crippen LogP contribution in [0.2, 0.25) is 5.02 Å². The Balaban J connectivity index is 2.24. The molecule has 1 saturated carbocycles. The van der Waals surface area contributed by atoms with Crippen molar-refractivity contribution in [2.75, 3.05) is 11.8 Å². The van der Waals surface area contributed by atoms with E-state index in [0.29, 0.717) is 11.8 Å². The highest BCUT2D eigenvalue weighted by atomic mass is 35.5. The maximum absolute atomic E-state index is 6.26. The van der Waals surface area contributed by atoms with E-state index in [1.807, 2.05) is 18.2 Å². The topological polar surface area (TPSA) is 0 Å². The van der Waals surface area contributed by atoms with Crippen LogP contribution in [-0.4, -0.2) is 11.8 Å². The van der Waals surface area contributed by atoms with E-state index >= 15 is 0 Å². The van der Waals surface area contributed by atoms with E-state index in [-0.39, 0.29) is 5.41 Å². The summed E-state index contributed by atoms with van der Waals surface area (Å²) < 4.78 is 0. The molecule has 0 atom stereocenters. The summed E-state index contributed by atoms with van der Waals surface area (Å²) in [5, 5.41) is 0.763. The molecule has 0 spiro atoms. The summed E-state index contributed by atoms with van der Waals surface area (Å²) in [6.07, 6.45) is 6.41. The molecule has 0 amide bonds. The number of benzene rings is 1. The van der Waals surface area contributed by atoms with E-state index in [1.165, 1.54) is 31.2 Å². The Morgan fingerprint density at radius 2 is 1.78 bits per heavy atom. The predicted molar refractivity (Wildman–Crippen MR) is 81.1 cm³/mol. The molecule has 1 aliphatic rings. The van der Waals surface area contributed by atoms with Crippen molar-refractivity contribution in [3.05, 3.63) is 34.9 Å². The van der Waals surface area contributed by atoms with Crippen LogP contribution in [0.1, 0.15) is 37.7 Å². The first kappa shape index (κ1) is 14.5. The number of hydrogen-bond donors (Lipinski definition) is 0. The summed E-state index contributed by atoms with van der Waals surface area (Å²) in [7, 11) is 0. The molecule has 18 heavy (non-hydrogen) atoms. The molecular weight excluding hydrogens is 287 g/mol. The summed E-state index contributed by atoms with van der Waals surface area (Å²) in [6, 6.07) is 8.00. The average molecular weight is 306 g/mol. The van der Waals surface area contributed by atoms with Crippen molar-refractivity contribution in [1.82, 2.24) is 0 Å². The molecule has 0 bridgehead atoms. The second-order valence-corrected chi connectivity index (χ2v) is 6.38. The van der Waals surface area contributed by atoms with Crippen molar-refractivity contribution in [2.24, 2.45) is 5.92 Å². The Morgan fingerprint density at radius 3 is 2.33 bits per heavy atom. The highest BCUT2D eigenvalue weighted by Gasteiger charge is 2.34. The van der Waals surface area contributed by atoms with Crippen molar-refractivity contribution in [2.45, 2.75) is 37.5 Å². The van der Waals surface area contributed by atoms with E-state index in [9.17, 15) is 0 Å². The third kappa shape index (κ3) is 3.15. The van der Waals surface area contributed by atoms with Crippen molar-refractivity contribution in [3.8, 4) is 0 Å². The third-order valence-electron chi connectivity index (χ3n) is 4.10. The molecule has 1 aromatic carbocycles. The van der Waals surface area contributed by atoms with Crippen LogP contribution in [0.5, 0.6) is 0 Å². The SMILES string of the molecule is ClCC(CCl)(CC1CCCC1)c1cccc(Cl)c1. The molecule has 0 aliphatic heterocycles. The largest absolute Gasteiger partial charge is 0.126 e. The highest BCUT2D eigenvalue weighted by Crippen LogP contribution is 2.40. The van der Waals surface area contributed by atoms with Gasteiger partial charge in [-0.25, -0.2) is 0 Å². The van der Waals surface area contributed by atoms with Gasteiger partial charge in [0.15, 0.2) is 0 Å². The van der Waals surface area contributed by atoms with Crippen molar-refractivity contribution < 1.29 is 0 Å². The van der Waals surface area contributed by atoms with Crippen LogP contribution in [-0.2, 0) is 5.41 Å². The molecule has 0 radical (unpaired) electrons. The lowest BCUT2D eigenvalue weighted by Crippen LogP contribution is -2.33. The fourth-order valence-electron chi connectivity index (χ4n) is 3.00. The van der Waals surface area contributed by atoms with Crippen LogP contribution in [0.25, 0.3) is 0 Å². The minimum atomic E-state index is -0.122. The Morgan fingerprint density at radius 1 is 1.11 bits per heavy atom. The minimum absolute atomic E-state index is 0.122. The van der Waals surface area contributed by atoms with Gasteiger partial charge in [-0.05, 0) is 30.0 Å². The van der Waals surface area contributed by atoms with Crippen molar-refractivity contribution >= 4 is 34.8 Å². The highest BCUT2D eigenvalue weighted by molar-refractivity contribution is 6.30. The first-order valence-corrected chi connectivity index (χ1v) is 8.03. The molecule has 0 heterocycles. The second-order valence-electron chi connectivity index (χ2n) is 5.41. The zero-order chi connectivity index (χ0) is 13.0. The van der Waals surface area contributed by atoms with Gasteiger partial charge in [0.1, 0.15) is 0 Å². The summed E-state index contributed by atoms with van der Waals surface area (Å²) >= 11 is 18.6. The molecule has 0 unspecified atom stereocenters. The van der Waals surface area contributed by atoms with Gasteiger partial charge in [0.25, 0.3) is 0 Å². The Hall–Kier alpha value is 0.0900. The van der Waals surface area contributed by atoms with Gasteiger partial charge in [0.2, 0.25) is 0 Å². The zero-order valence-corrected chi connectivity index (χ0v) is 12.7. The normalized spacial score (nSPS) is 17.3. The van der Waals surface area contributed by atoms with Gasteiger partial charge in [-0.15, -0.1) is 23.2 Å². The molecule has 100 valence electrons. The lowest BCUT2D eigenvalue weighted by atomic mass is 9.76. The van der Waals surface area contributed by atoms with Crippen LogP contribution in [0.3, 0.4) is 0 Å². The van der Waals surface area contributed by atoms with Crippen molar-refractivity contribution in [3.63, 3.8) is 0 Å². The maximum Gasteiger partial charge on any atom is 0.0408 e. The van der Waals surface area contributed by atoms with Gasteiger partial charge in [-0.3, -0.25) is 0 Å². The third-order valence-corrected chi connectivity index (χ3v) is 5.36. The monoisotopic (exact) mass is 304 g/mol. The van der Waals surface area contributed by atoms with Crippen LogP contribution in [0.15, 0.2) is 24.3 Å². The smallest absolute Gasteiger partial charge is 0.0408 e. The van der Waals surface area contributed by atoms with E-state index in [4.69, 9.17) is 34.8 Å². The Labute approximate surface area is 125 Å². The lowest BCUT2D eigenvalue weighted by molar-refractivity contribution is 0.372. The lowest BCUT2D eigenvalue weighted by Gasteiger charge is -2.33. The van der Waals surface area contributed by atoms with Gasteiger partial charge in [-0.2, -0.15) is 0 Å². The van der Waals surface area contributed by atoms with Gasteiger partial charge >= 0.3 is 0 Å². The fourth-order valence-corrected chi connectivity index (χ4v) is 4.01. The first-order chi connectivity index (χ1) is 8.70. The van der Waals surface area contributed by atoms with Gasteiger partial charge in [0, 0.05) is 22.2 Å². The first-order valence-electron chi connectivity index (χ1n) is 6.58. The summed E-state index contributed by atoms with van der Waals surface area (Å²) in [5.41, 5.74) is 1.06. The van der Waals surface area contributed by atoms with E-state index in [0.717, 1.165) is 17.4 Å².